The van der Waals surface area contributed by atoms with Crippen molar-refractivity contribution in [3.05, 3.63) is 75.6 Å². The highest BCUT2D eigenvalue weighted by atomic mass is 35.5. The Balaban J connectivity index is 1.64. The highest BCUT2D eigenvalue weighted by molar-refractivity contribution is 6.34. The van der Waals surface area contributed by atoms with Crippen molar-refractivity contribution in [1.82, 2.24) is 19.9 Å². The zero-order chi connectivity index (χ0) is 18.8. The minimum Gasteiger partial charge on any atom is -0.309 e. The predicted molar refractivity (Wildman–Crippen MR) is 109 cm³/mol. The minimum absolute atomic E-state index is 0.0496. The van der Waals surface area contributed by atoms with Crippen LogP contribution in [0.5, 0.6) is 0 Å². The molecule has 0 radical (unpaired) electrons. The van der Waals surface area contributed by atoms with Gasteiger partial charge >= 0.3 is 0 Å². The van der Waals surface area contributed by atoms with E-state index in [1.54, 1.807) is 18.2 Å². The Morgan fingerprint density at radius 2 is 2.07 bits per heavy atom. The molecule has 1 aromatic carbocycles. The Morgan fingerprint density at radius 1 is 1.26 bits per heavy atom. The maximum atomic E-state index is 12.5. The van der Waals surface area contributed by atoms with Crippen LogP contribution in [0.3, 0.4) is 0 Å². The van der Waals surface area contributed by atoms with E-state index in [4.69, 9.17) is 16.6 Å². The van der Waals surface area contributed by atoms with Crippen molar-refractivity contribution in [3.63, 3.8) is 0 Å². The summed E-state index contributed by atoms with van der Waals surface area (Å²) >= 11 is 6.28. The van der Waals surface area contributed by atoms with Gasteiger partial charge in [-0.2, -0.15) is 0 Å². The quantitative estimate of drug-likeness (QED) is 0.736. The van der Waals surface area contributed by atoms with E-state index in [-0.39, 0.29) is 11.6 Å². The third-order valence-electron chi connectivity index (χ3n) is 5.14. The van der Waals surface area contributed by atoms with E-state index < -0.39 is 0 Å². The molecule has 27 heavy (non-hydrogen) atoms. The van der Waals surface area contributed by atoms with Gasteiger partial charge < -0.3 is 4.98 Å². The summed E-state index contributed by atoms with van der Waals surface area (Å²) in [4.78, 5) is 26.6. The molecule has 1 aliphatic heterocycles. The summed E-state index contributed by atoms with van der Waals surface area (Å²) in [5.41, 5.74) is 3.00. The number of nitrogens with zero attached hydrogens (tertiary/aromatic N) is 3. The minimum atomic E-state index is -0.138. The molecular formula is C21H21ClN4O. The summed E-state index contributed by atoms with van der Waals surface area (Å²) in [6.45, 7) is 3.85. The first kappa shape index (κ1) is 17.9. The van der Waals surface area contributed by atoms with Gasteiger partial charge in [0.25, 0.3) is 5.56 Å². The van der Waals surface area contributed by atoms with E-state index >= 15 is 0 Å². The normalized spacial score (nSPS) is 16.3. The molecule has 0 spiro atoms. The van der Waals surface area contributed by atoms with E-state index in [1.807, 2.05) is 24.5 Å². The fourth-order valence-corrected chi connectivity index (χ4v) is 3.94. The summed E-state index contributed by atoms with van der Waals surface area (Å²) in [6, 6.07) is 9.43. The zero-order valence-corrected chi connectivity index (χ0v) is 15.9. The number of halogens is 1. The van der Waals surface area contributed by atoms with E-state index in [1.165, 1.54) is 11.1 Å². The van der Waals surface area contributed by atoms with Gasteiger partial charge in [-0.05, 0) is 48.2 Å². The SMILES string of the molecule is CCC(c1nc2c(Cl)cccc2c(=O)[nH]1)N1CC=C(c2ccncc2)CC1. The average molecular weight is 381 g/mol. The maximum absolute atomic E-state index is 12.5. The smallest absolute Gasteiger partial charge is 0.258 e. The predicted octanol–water partition coefficient (Wildman–Crippen LogP) is 4.21. The van der Waals surface area contributed by atoms with Crippen LogP contribution < -0.4 is 5.56 Å². The summed E-state index contributed by atoms with van der Waals surface area (Å²) in [6.07, 6.45) is 7.72. The number of para-hydroxylation sites is 1. The van der Waals surface area contributed by atoms with Gasteiger partial charge in [-0.15, -0.1) is 0 Å². The molecule has 1 atom stereocenters. The number of hydrogen-bond donors (Lipinski definition) is 1. The number of hydrogen-bond acceptors (Lipinski definition) is 4. The Labute approximate surface area is 162 Å². The molecular weight excluding hydrogens is 360 g/mol. The van der Waals surface area contributed by atoms with Crippen LogP contribution in [0, 0.1) is 0 Å². The van der Waals surface area contributed by atoms with Crippen LogP contribution in [0.15, 0.2) is 53.6 Å². The molecule has 0 aliphatic carbocycles. The molecule has 3 heterocycles. The lowest BCUT2D eigenvalue weighted by molar-refractivity contribution is 0.204. The maximum Gasteiger partial charge on any atom is 0.258 e. The Kier molecular flexibility index (Phi) is 5.05. The number of benzene rings is 1. The Bertz CT molecular complexity index is 1040. The van der Waals surface area contributed by atoms with Crippen LogP contribution in [0.25, 0.3) is 16.5 Å². The van der Waals surface area contributed by atoms with E-state index in [9.17, 15) is 4.79 Å². The van der Waals surface area contributed by atoms with Crippen LogP contribution >= 0.6 is 11.6 Å². The van der Waals surface area contributed by atoms with Crippen molar-refractivity contribution < 1.29 is 0 Å². The topological polar surface area (TPSA) is 61.9 Å². The highest BCUT2D eigenvalue weighted by Gasteiger charge is 2.24. The first-order valence-electron chi connectivity index (χ1n) is 9.19. The summed E-state index contributed by atoms with van der Waals surface area (Å²) in [7, 11) is 0. The summed E-state index contributed by atoms with van der Waals surface area (Å²) in [5, 5.41) is 1.04. The third kappa shape index (κ3) is 3.53. The van der Waals surface area contributed by atoms with Gasteiger partial charge in [-0.3, -0.25) is 14.7 Å². The number of aromatic nitrogens is 3. The first-order chi connectivity index (χ1) is 13.2. The molecule has 0 saturated heterocycles. The third-order valence-corrected chi connectivity index (χ3v) is 5.45. The number of nitrogens with one attached hydrogen (secondary N) is 1. The number of rotatable bonds is 4. The van der Waals surface area contributed by atoms with Gasteiger partial charge in [-0.1, -0.05) is 30.7 Å². The molecule has 1 N–H and O–H groups in total. The molecule has 2 aromatic heterocycles. The van der Waals surface area contributed by atoms with Crippen molar-refractivity contribution in [3.8, 4) is 0 Å². The second kappa shape index (κ2) is 7.62. The number of H-pyrrole nitrogens is 1. The van der Waals surface area contributed by atoms with E-state index in [0.717, 1.165) is 25.9 Å². The van der Waals surface area contributed by atoms with Crippen molar-refractivity contribution in [1.29, 1.82) is 0 Å². The number of fused-ring (bicyclic) bond motifs is 1. The molecule has 138 valence electrons. The van der Waals surface area contributed by atoms with Crippen LogP contribution in [-0.2, 0) is 0 Å². The fraction of sp³-hybridized carbons (Fsp3) is 0.286. The molecule has 3 aromatic rings. The number of aromatic amines is 1. The molecule has 4 rings (SSSR count). The van der Waals surface area contributed by atoms with Crippen molar-refractivity contribution in [2.24, 2.45) is 0 Å². The average Bonchev–Trinajstić information content (AvgIpc) is 2.71. The van der Waals surface area contributed by atoms with Crippen molar-refractivity contribution in [2.45, 2.75) is 25.8 Å². The molecule has 0 bridgehead atoms. The van der Waals surface area contributed by atoms with Gasteiger partial charge in [-0.25, -0.2) is 4.98 Å². The lowest BCUT2D eigenvalue weighted by atomic mass is 9.99. The van der Waals surface area contributed by atoms with Gasteiger partial charge in [0.2, 0.25) is 0 Å². The molecule has 0 amide bonds. The summed E-state index contributed by atoms with van der Waals surface area (Å²) < 4.78 is 0. The number of pyridine rings is 1. The molecule has 0 saturated carbocycles. The van der Waals surface area contributed by atoms with Crippen LogP contribution in [0.4, 0.5) is 0 Å². The summed E-state index contributed by atoms with van der Waals surface area (Å²) in [5.74, 6) is 0.684. The molecule has 1 aliphatic rings. The lowest BCUT2D eigenvalue weighted by Crippen LogP contribution is -2.34. The van der Waals surface area contributed by atoms with Crippen LogP contribution in [-0.4, -0.2) is 32.9 Å². The monoisotopic (exact) mass is 380 g/mol. The van der Waals surface area contributed by atoms with E-state index in [0.29, 0.717) is 21.7 Å². The molecule has 0 fully saturated rings. The molecule has 6 heteroatoms. The Hall–Kier alpha value is -2.50. The van der Waals surface area contributed by atoms with Crippen molar-refractivity contribution in [2.75, 3.05) is 13.1 Å². The largest absolute Gasteiger partial charge is 0.309 e. The molecule has 1 unspecified atom stereocenters. The second-order valence-corrected chi connectivity index (χ2v) is 7.13. The standard InChI is InChI=1S/C21H21ClN4O/c1-2-18(20-24-19-16(21(27)25-20)4-3-5-17(19)22)26-12-8-15(9-13-26)14-6-10-23-11-7-14/h3-8,10-11,18H,2,9,12-13H2,1H3,(H,24,25,27). The van der Waals surface area contributed by atoms with Gasteiger partial charge in [0, 0.05) is 25.5 Å². The second-order valence-electron chi connectivity index (χ2n) is 6.72. The van der Waals surface area contributed by atoms with Crippen LogP contribution in [0.1, 0.15) is 37.2 Å². The first-order valence-corrected chi connectivity index (χ1v) is 9.57. The van der Waals surface area contributed by atoms with Crippen molar-refractivity contribution >= 4 is 28.1 Å². The van der Waals surface area contributed by atoms with Gasteiger partial charge in [0.1, 0.15) is 5.82 Å². The lowest BCUT2D eigenvalue weighted by Gasteiger charge is -2.33. The van der Waals surface area contributed by atoms with Gasteiger partial charge in [0.05, 0.1) is 22.0 Å². The van der Waals surface area contributed by atoms with Gasteiger partial charge in [0.15, 0.2) is 0 Å². The fourth-order valence-electron chi connectivity index (χ4n) is 3.72. The van der Waals surface area contributed by atoms with Crippen LogP contribution in [0.2, 0.25) is 5.02 Å². The Morgan fingerprint density at radius 3 is 2.78 bits per heavy atom. The highest BCUT2D eigenvalue weighted by Crippen LogP contribution is 2.29. The zero-order valence-electron chi connectivity index (χ0n) is 15.2. The van der Waals surface area contributed by atoms with E-state index in [2.05, 4.69) is 27.9 Å². The molecule has 5 nitrogen and oxygen atoms in total.